The summed E-state index contributed by atoms with van der Waals surface area (Å²) in [6.45, 7) is 5.17. The van der Waals surface area contributed by atoms with Crippen molar-refractivity contribution < 1.29 is 9.59 Å². The summed E-state index contributed by atoms with van der Waals surface area (Å²) in [5.74, 6) is -0.228. The zero-order valence-corrected chi connectivity index (χ0v) is 18.9. The van der Waals surface area contributed by atoms with E-state index >= 15 is 0 Å². The number of hydrogen-bond acceptors (Lipinski definition) is 4. The summed E-state index contributed by atoms with van der Waals surface area (Å²) < 4.78 is 0. The summed E-state index contributed by atoms with van der Waals surface area (Å²) in [5, 5.41) is 6.54. The Morgan fingerprint density at radius 3 is 2.33 bits per heavy atom. The molecule has 0 aliphatic carbocycles. The number of carbonyl (C=O) groups is 2. The number of fused-ring (bicyclic) bond motifs is 2. The van der Waals surface area contributed by atoms with E-state index in [9.17, 15) is 9.59 Å². The Bertz CT molecular complexity index is 1190. The van der Waals surface area contributed by atoms with Gasteiger partial charge in [0.2, 0.25) is 0 Å². The summed E-state index contributed by atoms with van der Waals surface area (Å²) >= 11 is 0. The summed E-state index contributed by atoms with van der Waals surface area (Å²) in [5.41, 5.74) is 5.75. The van der Waals surface area contributed by atoms with E-state index in [2.05, 4.69) is 51.9 Å². The lowest BCUT2D eigenvalue weighted by Crippen LogP contribution is -2.42. The molecule has 3 aromatic carbocycles. The summed E-state index contributed by atoms with van der Waals surface area (Å²) in [6, 6.07) is 25.2. The number of benzene rings is 3. The van der Waals surface area contributed by atoms with E-state index < -0.39 is 0 Å². The molecule has 33 heavy (non-hydrogen) atoms. The lowest BCUT2D eigenvalue weighted by molar-refractivity contribution is 0.0951. The van der Waals surface area contributed by atoms with E-state index in [1.165, 1.54) is 24.5 Å². The van der Waals surface area contributed by atoms with Gasteiger partial charge >= 0.3 is 0 Å². The van der Waals surface area contributed by atoms with E-state index in [-0.39, 0.29) is 11.7 Å². The third kappa shape index (κ3) is 4.90. The van der Waals surface area contributed by atoms with Gasteiger partial charge < -0.3 is 10.6 Å². The van der Waals surface area contributed by atoms with Gasteiger partial charge in [0.15, 0.2) is 5.78 Å². The Kier molecular flexibility index (Phi) is 6.07. The van der Waals surface area contributed by atoms with E-state index in [0.29, 0.717) is 29.8 Å². The lowest BCUT2D eigenvalue weighted by atomic mass is 10.0. The Balaban J connectivity index is 1.25. The molecule has 2 bridgehead atoms. The molecular formula is C28H29N3O2. The minimum Gasteiger partial charge on any atom is -0.348 e. The number of rotatable bonds is 7. The molecule has 0 saturated carbocycles. The second-order valence-electron chi connectivity index (χ2n) is 9.14. The Morgan fingerprint density at radius 1 is 0.939 bits per heavy atom. The van der Waals surface area contributed by atoms with Gasteiger partial charge in [0, 0.05) is 49.4 Å². The van der Waals surface area contributed by atoms with Crippen molar-refractivity contribution in [1.82, 2.24) is 15.5 Å². The van der Waals surface area contributed by atoms with Crippen LogP contribution in [0, 0.1) is 0 Å². The maximum Gasteiger partial charge on any atom is 0.251 e. The number of Topliss-reactive ketones (excluding diaryl/α,β-unsaturated/α-hetero) is 1. The van der Waals surface area contributed by atoms with E-state index in [1.807, 2.05) is 12.1 Å². The van der Waals surface area contributed by atoms with Crippen LogP contribution < -0.4 is 10.6 Å². The van der Waals surface area contributed by atoms with Gasteiger partial charge in [0.1, 0.15) is 0 Å². The van der Waals surface area contributed by atoms with Gasteiger partial charge in [-0.15, -0.1) is 0 Å². The molecule has 0 aromatic heterocycles. The molecule has 2 saturated heterocycles. The maximum atomic E-state index is 12.6. The van der Waals surface area contributed by atoms with Gasteiger partial charge in [0.05, 0.1) is 0 Å². The quantitative estimate of drug-likeness (QED) is 0.546. The molecule has 2 heterocycles. The molecule has 2 atom stereocenters. The van der Waals surface area contributed by atoms with Crippen molar-refractivity contribution in [3.63, 3.8) is 0 Å². The second-order valence-corrected chi connectivity index (χ2v) is 9.14. The number of amides is 1. The highest BCUT2D eigenvalue weighted by molar-refractivity contribution is 5.99. The van der Waals surface area contributed by atoms with Crippen LogP contribution in [0.25, 0.3) is 11.1 Å². The Hall–Kier alpha value is -3.28. The van der Waals surface area contributed by atoms with Gasteiger partial charge in [-0.05, 0) is 59.9 Å². The first kappa shape index (κ1) is 21.6. The molecule has 2 aliphatic heterocycles. The predicted molar refractivity (Wildman–Crippen MR) is 130 cm³/mol. The van der Waals surface area contributed by atoms with Gasteiger partial charge in [-0.25, -0.2) is 0 Å². The van der Waals surface area contributed by atoms with Crippen LogP contribution in [0.2, 0.25) is 0 Å². The average molecular weight is 440 g/mol. The van der Waals surface area contributed by atoms with Gasteiger partial charge in [-0.3, -0.25) is 14.5 Å². The first-order valence-electron chi connectivity index (χ1n) is 11.6. The monoisotopic (exact) mass is 439 g/mol. The largest absolute Gasteiger partial charge is 0.348 e. The van der Waals surface area contributed by atoms with Crippen LogP contribution in [0.1, 0.15) is 45.2 Å². The molecule has 1 amide bonds. The third-order valence-corrected chi connectivity index (χ3v) is 6.73. The van der Waals surface area contributed by atoms with Crippen LogP contribution >= 0.6 is 0 Å². The van der Waals surface area contributed by atoms with E-state index in [4.69, 9.17) is 0 Å². The predicted octanol–water partition coefficient (Wildman–Crippen LogP) is 4.03. The SMILES string of the molecule is CC(=O)c1cccc(C(=O)NCc2cccc(-c3cccc(CN4C[C@@H]5C[C@H]4CN5)c3)c2)c1. The summed E-state index contributed by atoms with van der Waals surface area (Å²) in [6.07, 6.45) is 1.27. The van der Waals surface area contributed by atoms with Gasteiger partial charge in [-0.1, -0.05) is 48.5 Å². The van der Waals surface area contributed by atoms with Crippen molar-refractivity contribution in [3.05, 3.63) is 95.1 Å². The van der Waals surface area contributed by atoms with Crippen LogP contribution in [0.4, 0.5) is 0 Å². The third-order valence-electron chi connectivity index (χ3n) is 6.73. The topological polar surface area (TPSA) is 61.4 Å². The molecule has 5 rings (SSSR count). The minimum atomic E-state index is -0.181. The minimum absolute atomic E-state index is 0.0477. The number of nitrogens with one attached hydrogen (secondary N) is 2. The fraction of sp³-hybridized carbons (Fsp3) is 0.286. The highest BCUT2D eigenvalue weighted by Crippen LogP contribution is 2.27. The molecule has 2 N–H and O–H groups in total. The van der Waals surface area contributed by atoms with Gasteiger partial charge in [0.25, 0.3) is 5.91 Å². The molecule has 3 aromatic rings. The molecular weight excluding hydrogens is 410 g/mol. The van der Waals surface area contributed by atoms with Crippen molar-refractivity contribution in [2.24, 2.45) is 0 Å². The molecule has 5 heteroatoms. The number of ketones is 1. The molecule has 0 radical (unpaired) electrons. The fourth-order valence-corrected chi connectivity index (χ4v) is 4.95. The number of nitrogens with zero attached hydrogens (tertiary/aromatic N) is 1. The van der Waals surface area contributed by atoms with E-state index in [1.54, 1.807) is 24.3 Å². The zero-order chi connectivity index (χ0) is 22.8. The smallest absolute Gasteiger partial charge is 0.251 e. The van der Waals surface area contributed by atoms with Crippen LogP contribution in [-0.4, -0.2) is 41.8 Å². The molecule has 168 valence electrons. The molecule has 2 fully saturated rings. The number of carbonyl (C=O) groups excluding carboxylic acids is 2. The Labute approximate surface area is 194 Å². The first-order chi connectivity index (χ1) is 16.0. The second kappa shape index (κ2) is 9.30. The lowest BCUT2D eigenvalue weighted by Gasteiger charge is -2.27. The number of likely N-dealkylation sites (tertiary alicyclic amines) is 1. The van der Waals surface area contributed by atoms with Crippen LogP contribution in [0.3, 0.4) is 0 Å². The highest BCUT2D eigenvalue weighted by atomic mass is 16.1. The van der Waals surface area contributed by atoms with Crippen LogP contribution in [-0.2, 0) is 13.1 Å². The number of piperazine rings is 1. The van der Waals surface area contributed by atoms with Crippen LogP contribution in [0.5, 0.6) is 0 Å². The fourth-order valence-electron chi connectivity index (χ4n) is 4.95. The van der Waals surface area contributed by atoms with Crippen LogP contribution in [0.15, 0.2) is 72.8 Å². The van der Waals surface area contributed by atoms with Crippen molar-refractivity contribution >= 4 is 11.7 Å². The zero-order valence-electron chi connectivity index (χ0n) is 18.9. The van der Waals surface area contributed by atoms with Crippen molar-refractivity contribution in [2.75, 3.05) is 13.1 Å². The maximum absolute atomic E-state index is 12.6. The molecule has 0 spiro atoms. The first-order valence-corrected chi connectivity index (χ1v) is 11.6. The summed E-state index contributed by atoms with van der Waals surface area (Å²) in [7, 11) is 0. The molecule has 5 nitrogen and oxygen atoms in total. The van der Waals surface area contributed by atoms with Gasteiger partial charge in [-0.2, -0.15) is 0 Å². The summed E-state index contributed by atoms with van der Waals surface area (Å²) in [4.78, 5) is 26.8. The Morgan fingerprint density at radius 2 is 1.64 bits per heavy atom. The van der Waals surface area contributed by atoms with Crippen molar-refractivity contribution in [2.45, 2.75) is 38.5 Å². The van der Waals surface area contributed by atoms with Crippen molar-refractivity contribution in [1.29, 1.82) is 0 Å². The average Bonchev–Trinajstić information content (AvgIpc) is 3.46. The van der Waals surface area contributed by atoms with E-state index in [0.717, 1.165) is 30.8 Å². The number of hydrogen-bond donors (Lipinski definition) is 2. The standard InChI is InChI=1S/C28H29N3O2/c1-19(32)22-7-4-10-25(13-22)28(33)30-15-20-5-2-8-23(11-20)24-9-3-6-21(12-24)17-31-18-26-14-27(31)16-29-26/h2-13,26-27,29H,14-18H2,1H3,(H,30,33)/t26-,27-/m0/s1. The normalized spacial score (nSPS) is 19.5. The highest BCUT2D eigenvalue weighted by Gasteiger charge is 2.37. The van der Waals surface area contributed by atoms with Crippen molar-refractivity contribution in [3.8, 4) is 11.1 Å². The molecule has 2 aliphatic rings. The molecule has 0 unspecified atom stereocenters.